The second kappa shape index (κ2) is 7.52. The van der Waals surface area contributed by atoms with Crippen LogP contribution in [-0.2, 0) is 6.61 Å². The molecule has 114 valence electrons. The smallest absolute Gasteiger partial charge is 0.532 e. The minimum absolute atomic E-state index is 0.522. The standard InChI is InChI=1S/C19H17BO3/c21-20(17-9-5-2-6-10-17)23-19-13-11-18(12-14-19)22-15-16-7-3-1-4-8-16/h1-14,21H,15H2. The molecule has 0 radical (unpaired) electrons. The minimum Gasteiger partial charge on any atom is -0.532 e. The highest BCUT2D eigenvalue weighted by Crippen LogP contribution is 2.19. The predicted octanol–water partition coefficient (Wildman–Crippen LogP) is 3.03. The van der Waals surface area contributed by atoms with Gasteiger partial charge in [0.05, 0.1) is 0 Å². The van der Waals surface area contributed by atoms with Crippen LogP contribution in [0.1, 0.15) is 5.56 Å². The summed E-state index contributed by atoms with van der Waals surface area (Å²) in [6.45, 7) is 0.522. The zero-order valence-electron chi connectivity index (χ0n) is 12.6. The molecule has 0 aliphatic carbocycles. The van der Waals surface area contributed by atoms with Crippen LogP contribution in [0.2, 0.25) is 0 Å². The molecule has 0 spiro atoms. The fraction of sp³-hybridized carbons (Fsp3) is 0.0526. The van der Waals surface area contributed by atoms with E-state index in [1.165, 1.54) is 0 Å². The highest BCUT2D eigenvalue weighted by atomic mass is 16.5. The third kappa shape index (κ3) is 4.38. The van der Waals surface area contributed by atoms with Crippen molar-refractivity contribution in [3.63, 3.8) is 0 Å². The van der Waals surface area contributed by atoms with Crippen molar-refractivity contribution in [3.05, 3.63) is 90.5 Å². The van der Waals surface area contributed by atoms with Crippen LogP contribution in [-0.4, -0.2) is 12.1 Å². The Hall–Kier alpha value is -2.72. The molecule has 0 unspecified atom stereocenters. The van der Waals surface area contributed by atoms with Gasteiger partial charge in [0.1, 0.15) is 18.1 Å². The van der Waals surface area contributed by atoms with Crippen LogP contribution in [0, 0.1) is 0 Å². The SMILES string of the molecule is OB(Oc1ccc(OCc2ccccc2)cc1)c1ccccc1. The van der Waals surface area contributed by atoms with Crippen molar-refractivity contribution in [3.8, 4) is 11.5 Å². The van der Waals surface area contributed by atoms with E-state index in [0.29, 0.717) is 12.4 Å². The molecule has 0 aliphatic heterocycles. The van der Waals surface area contributed by atoms with Crippen molar-refractivity contribution >= 4 is 12.6 Å². The molecule has 1 N–H and O–H groups in total. The molecule has 0 atom stereocenters. The van der Waals surface area contributed by atoms with E-state index in [-0.39, 0.29) is 0 Å². The molecule has 0 amide bonds. The molecule has 3 rings (SSSR count). The maximum absolute atomic E-state index is 10.0. The summed E-state index contributed by atoms with van der Waals surface area (Å²) in [4.78, 5) is 0. The van der Waals surface area contributed by atoms with Gasteiger partial charge < -0.3 is 14.4 Å². The lowest BCUT2D eigenvalue weighted by atomic mass is 9.79. The first kappa shape index (κ1) is 15.2. The van der Waals surface area contributed by atoms with Crippen LogP contribution in [0.15, 0.2) is 84.9 Å². The first-order chi connectivity index (χ1) is 11.3. The summed E-state index contributed by atoms with van der Waals surface area (Å²) in [5.74, 6) is 1.35. The molecular weight excluding hydrogens is 287 g/mol. The Morgan fingerprint density at radius 2 is 1.26 bits per heavy atom. The Labute approximate surface area is 136 Å². The third-order valence-corrected chi connectivity index (χ3v) is 3.40. The molecule has 0 fully saturated rings. The van der Waals surface area contributed by atoms with Gasteiger partial charge in [0, 0.05) is 0 Å². The van der Waals surface area contributed by atoms with Crippen LogP contribution >= 0.6 is 0 Å². The average molecular weight is 304 g/mol. The molecule has 23 heavy (non-hydrogen) atoms. The van der Waals surface area contributed by atoms with E-state index >= 15 is 0 Å². The Balaban J connectivity index is 1.57. The van der Waals surface area contributed by atoms with Crippen molar-refractivity contribution in [1.29, 1.82) is 0 Å². The van der Waals surface area contributed by atoms with Crippen molar-refractivity contribution < 1.29 is 14.4 Å². The van der Waals surface area contributed by atoms with Crippen LogP contribution in [0.25, 0.3) is 0 Å². The van der Waals surface area contributed by atoms with Crippen LogP contribution in [0.5, 0.6) is 11.5 Å². The summed E-state index contributed by atoms with van der Waals surface area (Å²) in [6, 6.07) is 26.5. The molecular formula is C19H17BO3. The number of ether oxygens (including phenoxy) is 1. The van der Waals surface area contributed by atoms with Gasteiger partial charge in [-0.2, -0.15) is 0 Å². The van der Waals surface area contributed by atoms with Gasteiger partial charge in [-0.25, -0.2) is 0 Å². The van der Waals surface area contributed by atoms with Gasteiger partial charge >= 0.3 is 7.12 Å². The van der Waals surface area contributed by atoms with Crippen LogP contribution in [0.3, 0.4) is 0 Å². The molecule has 3 nitrogen and oxygen atoms in total. The summed E-state index contributed by atoms with van der Waals surface area (Å²) in [6.07, 6.45) is 0. The lowest BCUT2D eigenvalue weighted by Crippen LogP contribution is -2.36. The molecule has 0 saturated heterocycles. The molecule has 0 saturated carbocycles. The minimum atomic E-state index is -0.979. The van der Waals surface area contributed by atoms with Crippen molar-refractivity contribution in [2.75, 3.05) is 0 Å². The first-order valence-corrected chi connectivity index (χ1v) is 7.48. The Morgan fingerprint density at radius 1 is 0.696 bits per heavy atom. The van der Waals surface area contributed by atoms with Crippen LogP contribution in [0.4, 0.5) is 0 Å². The number of hydrogen-bond acceptors (Lipinski definition) is 3. The van der Waals surface area contributed by atoms with E-state index < -0.39 is 7.12 Å². The number of hydrogen-bond donors (Lipinski definition) is 1. The monoisotopic (exact) mass is 304 g/mol. The summed E-state index contributed by atoms with van der Waals surface area (Å²) < 4.78 is 11.2. The molecule has 0 bridgehead atoms. The van der Waals surface area contributed by atoms with Gasteiger partial charge in [-0.05, 0) is 35.3 Å². The van der Waals surface area contributed by atoms with E-state index in [0.717, 1.165) is 16.8 Å². The van der Waals surface area contributed by atoms with Crippen molar-refractivity contribution in [2.24, 2.45) is 0 Å². The van der Waals surface area contributed by atoms with E-state index in [1.54, 1.807) is 12.1 Å². The lowest BCUT2D eigenvalue weighted by molar-refractivity contribution is 0.306. The zero-order chi connectivity index (χ0) is 15.9. The molecule has 3 aromatic carbocycles. The largest absolute Gasteiger partial charge is 0.560 e. The number of benzene rings is 3. The topological polar surface area (TPSA) is 38.7 Å². The maximum Gasteiger partial charge on any atom is 0.560 e. The Morgan fingerprint density at radius 3 is 1.91 bits per heavy atom. The van der Waals surface area contributed by atoms with Crippen molar-refractivity contribution in [1.82, 2.24) is 0 Å². The highest BCUT2D eigenvalue weighted by Gasteiger charge is 2.17. The predicted molar refractivity (Wildman–Crippen MR) is 91.9 cm³/mol. The zero-order valence-corrected chi connectivity index (χ0v) is 12.6. The summed E-state index contributed by atoms with van der Waals surface area (Å²) in [7, 11) is -0.979. The normalized spacial score (nSPS) is 10.1. The third-order valence-electron chi connectivity index (χ3n) is 3.40. The first-order valence-electron chi connectivity index (χ1n) is 7.48. The van der Waals surface area contributed by atoms with Gasteiger partial charge in [0.2, 0.25) is 0 Å². The van der Waals surface area contributed by atoms with Gasteiger partial charge in [-0.1, -0.05) is 60.7 Å². The van der Waals surface area contributed by atoms with Crippen molar-refractivity contribution in [2.45, 2.75) is 6.61 Å². The van der Waals surface area contributed by atoms with E-state index in [4.69, 9.17) is 9.39 Å². The summed E-state index contributed by atoms with van der Waals surface area (Å²) in [5, 5.41) is 10.0. The average Bonchev–Trinajstić information content (AvgIpc) is 2.63. The summed E-state index contributed by atoms with van der Waals surface area (Å²) in [5.41, 5.74) is 1.84. The van der Waals surface area contributed by atoms with E-state index in [2.05, 4.69) is 0 Å². The molecule has 4 heteroatoms. The van der Waals surface area contributed by atoms with E-state index in [9.17, 15) is 5.02 Å². The fourth-order valence-corrected chi connectivity index (χ4v) is 2.17. The second-order valence-corrected chi connectivity index (χ2v) is 5.13. The molecule has 3 aromatic rings. The van der Waals surface area contributed by atoms with Gasteiger partial charge in [0.15, 0.2) is 0 Å². The number of rotatable bonds is 6. The lowest BCUT2D eigenvalue weighted by Gasteiger charge is -2.11. The molecule has 0 heterocycles. The van der Waals surface area contributed by atoms with Gasteiger partial charge in [-0.3, -0.25) is 0 Å². The maximum atomic E-state index is 10.0. The quantitative estimate of drug-likeness (QED) is 0.711. The van der Waals surface area contributed by atoms with Crippen LogP contribution < -0.4 is 14.9 Å². The van der Waals surface area contributed by atoms with Gasteiger partial charge in [-0.15, -0.1) is 0 Å². The fourth-order valence-electron chi connectivity index (χ4n) is 2.17. The highest BCUT2D eigenvalue weighted by molar-refractivity contribution is 6.60. The van der Waals surface area contributed by atoms with E-state index in [1.807, 2.05) is 72.8 Å². The Bertz CT molecular complexity index is 715. The second-order valence-electron chi connectivity index (χ2n) is 5.13. The summed E-state index contributed by atoms with van der Waals surface area (Å²) >= 11 is 0. The van der Waals surface area contributed by atoms with Gasteiger partial charge in [0.25, 0.3) is 0 Å². The molecule has 0 aliphatic rings. The Kier molecular flexibility index (Phi) is 4.97. The molecule has 0 aromatic heterocycles.